The maximum atomic E-state index is 12.2. The van der Waals surface area contributed by atoms with Gasteiger partial charge in [0.1, 0.15) is 6.10 Å². The van der Waals surface area contributed by atoms with Crippen LogP contribution in [0.5, 0.6) is 5.88 Å². The number of hydrogen-bond acceptors (Lipinski definition) is 8. The van der Waals surface area contributed by atoms with Crippen molar-refractivity contribution in [3.05, 3.63) is 60.6 Å². The average molecular weight is 514 g/mol. The Kier molecular flexibility index (Phi) is 6.65. The molecule has 1 amide bonds. The standard InChI is InChI=1S/C28H31N7O3/c1-29-27(36)21-13-20(15-30-16-21)25-17-31-26-14-24(28(32-35(25)26)38-23-7-12-37-18-23)19-3-5-22(6-4-19)34-10-8-33(2)9-11-34/h3-6,13-17,23H,7-12,18H2,1-2H3,(H,29,36). The Balaban J connectivity index is 1.38. The van der Waals surface area contributed by atoms with Crippen molar-refractivity contribution in [3.8, 4) is 28.3 Å². The summed E-state index contributed by atoms with van der Waals surface area (Å²) >= 11 is 0. The number of benzene rings is 1. The fourth-order valence-electron chi connectivity index (χ4n) is 4.92. The molecule has 1 N–H and O–H groups in total. The molecule has 38 heavy (non-hydrogen) atoms. The summed E-state index contributed by atoms with van der Waals surface area (Å²) in [6, 6.07) is 12.4. The van der Waals surface area contributed by atoms with E-state index in [1.54, 1.807) is 30.0 Å². The number of amides is 1. The summed E-state index contributed by atoms with van der Waals surface area (Å²) < 4.78 is 13.7. The molecule has 2 aliphatic rings. The number of likely N-dealkylation sites (N-methyl/N-ethyl adjacent to an activating group) is 1. The van der Waals surface area contributed by atoms with Crippen LogP contribution >= 0.6 is 0 Å². The predicted molar refractivity (Wildman–Crippen MR) is 145 cm³/mol. The summed E-state index contributed by atoms with van der Waals surface area (Å²) in [6.45, 7) is 5.38. The molecule has 10 heteroatoms. The zero-order valence-corrected chi connectivity index (χ0v) is 21.6. The summed E-state index contributed by atoms with van der Waals surface area (Å²) in [7, 11) is 3.76. The maximum Gasteiger partial charge on any atom is 0.252 e. The van der Waals surface area contributed by atoms with Crippen molar-refractivity contribution in [1.82, 2.24) is 29.8 Å². The van der Waals surface area contributed by atoms with Crippen molar-refractivity contribution in [2.45, 2.75) is 12.5 Å². The molecule has 0 saturated carbocycles. The van der Waals surface area contributed by atoms with Gasteiger partial charge in [-0.2, -0.15) is 0 Å². The van der Waals surface area contributed by atoms with Crippen molar-refractivity contribution < 1.29 is 14.3 Å². The van der Waals surface area contributed by atoms with Gasteiger partial charge in [0.2, 0.25) is 5.88 Å². The molecule has 3 aromatic heterocycles. The molecule has 0 spiro atoms. The van der Waals surface area contributed by atoms with Crippen LogP contribution in [0.1, 0.15) is 16.8 Å². The van der Waals surface area contributed by atoms with E-state index < -0.39 is 0 Å². The molecular weight excluding hydrogens is 482 g/mol. The van der Waals surface area contributed by atoms with Crippen LogP contribution in [0.4, 0.5) is 5.69 Å². The van der Waals surface area contributed by atoms with Gasteiger partial charge in [-0.15, -0.1) is 5.10 Å². The third-order valence-corrected chi connectivity index (χ3v) is 7.20. The van der Waals surface area contributed by atoms with E-state index in [0.717, 1.165) is 55.0 Å². The number of pyridine rings is 1. The SMILES string of the molecule is CNC(=O)c1cncc(-c2cnc3cc(-c4ccc(N5CCN(C)CC5)cc4)c(OC4CCOC4)nn23)c1. The van der Waals surface area contributed by atoms with Crippen LogP contribution in [0, 0.1) is 0 Å². The number of fused-ring (bicyclic) bond motifs is 1. The van der Waals surface area contributed by atoms with Crippen molar-refractivity contribution >= 4 is 17.2 Å². The van der Waals surface area contributed by atoms with Crippen molar-refractivity contribution in [2.75, 3.05) is 58.4 Å². The van der Waals surface area contributed by atoms with E-state index in [1.807, 2.05) is 6.07 Å². The Hall–Kier alpha value is -4.02. The fraction of sp³-hybridized carbons (Fsp3) is 0.357. The number of aromatic nitrogens is 4. The maximum absolute atomic E-state index is 12.2. The number of anilines is 1. The third kappa shape index (κ3) is 4.80. The molecular formula is C28H31N7O3. The first-order valence-electron chi connectivity index (χ1n) is 12.9. The Bertz CT molecular complexity index is 1440. The molecule has 196 valence electrons. The minimum absolute atomic E-state index is 0.0615. The molecule has 1 aromatic carbocycles. The van der Waals surface area contributed by atoms with Gasteiger partial charge >= 0.3 is 0 Å². The number of rotatable bonds is 6. The minimum Gasteiger partial charge on any atom is -0.470 e. The highest BCUT2D eigenvalue weighted by molar-refractivity contribution is 5.94. The Morgan fingerprint density at radius 1 is 1.05 bits per heavy atom. The predicted octanol–water partition coefficient (Wildman–Crippen LogP) is 2.74. The molecule has 4 aromatic rings. The highest BCUT2D eigenvalue weighted by Crippen LogP contribution is 2.34. The lowest BCUT2D eigenvalue weighted by atomic mass is 10.1. The molecule has 5 heterocycles. The minimum atomic E-state index is -0.200. The van der Waals surface area contributed by atoms with Crippen molar-refractivity contribution in [3.63, 3.8) is 0 Å². The second-order valence-corrected chi connectivity index (χ2v) is 9.76. The molecule has 2 aliphatic heterocycles. The smallest absolute Gasteiger partial charge is 0.252 e. The van der Waals surface area contributed by atoms with Gasteiger partial charge in [0.05, 0.1) is 30.7 Å². The second kappa shape index (κ2) is 10.4. The van der Waals surface area contributed by atoms with E-state index in [9.17, 15) is 4.79 Å². The number of carbonyl (C=O) groups is 1. The summed E-state index contributed by atoms with van der Waals surface area (Å²) in [4.78, 5) is 25.8. The first-order chi connectivity index (χ1) is 18.6. The lowest BCUT2D eigenvalue weighted by Gasteiger charge is -2.34. The molecule has 1 atom stereocenters. The number of imidazole rings is 1. The van der Waals surface area contributed by atoms with Crippen molar-refractivity contribution in [2.24, 2.45) is 0 Å². The van der Waals surface area contributed by atoms with Gasteiger partial charge in [-0.1, -0.05) is 12.1 Å². The molecule has 2 saturated heterocycles. The molecule has 0 radical (unpaired) electrons. The Morgan fingerprint density at radius 2 is 1.87 bits per heavy atom. The molecule has 6 rings (SSSR count). The summed E-state index contributed by atoms with van der Waals surface area (Å²) in [6.07, 6.45) is 5.74. The van der Waals surface area contributed by atoms with Crippen LogP contribution in [0.2, 0.25) is 0 Å². The molecule has 0 bridgehead atoms. The van der Waals surface area contributed by atoms with Crippen LogP contribution in [-0.2, 0) is 4.74 Å². The number of carbonyl (C=O) groups excluding carboxylic acids is 1. The summed E-state index contributed by atoms with van der Waals surface area (Å²) in [5.74, 6) is 0.323. The summed E-state index contributed by atoms with van der Waals surface area (Å²) in [5, 5.41) is 7.54. The van der Waals surface area contributed by atoms with Gasteiger partial charge in [-0.25, -0.2) is 9.50 Å². The number of nitrogens with one attached hydrogen (secondary N) is 1. The number of ether oxygens (including phenoxy) is 2. The van der Waals surface area contributed by atoms with Crippen LogP contribution < -0.4 is 15.0 Å². The lowest BCUT2D eigenvalue weighted by Crippen LogP contribution is -2.44. The molecule has 0 aliphatic carbocycles. The quantitative estimate of drug-likeness (QED) is 0.421. The Labute approximate surface area is 221 Å². The van der Waals surface area contributed by atoms with Crippen LogP contribution in [-0.4, -0.2) is 90.0 Å². The Morgan fingerprint density at radius 3 is 2.61 bits per heavy atom. The van der Waals surface area contributed by atoms with Crippen LogP contribution in [0.15, 0.2) is 55.0 Å². The van der Waals surface area contributed by atoms with Gasteiger partial charge in [0.25, 0.3) is 5.91 Å². The van der Waals surface area contributed by atoms with Crippen LogP contribution in [0.25, 0.3) is 28.0 Å². The fourth-order valence-corrected chi connectivity index (χ4v) is 4.92. The van der Waals surface area contributed by atoms with E-state index in [2.05, 4.69) is 56.4 Å². The second-order valence-electron chi connectivity index (χ2n) is 9.76. The van der Waals surface area contributed by atoms with E-state index in [0.29, 0.717) is 30.3 Å². The highest BCUT2D eigenvalue weighted by Gasteiger charge is 2.23. The number of hydrogen-bond donors (Lipinski definition) is 1. The average Bonchev–Trinajstić information content (AvgIpc) is 3.63. The highest BCUT2D eigenvalue weighted by atomic mass is 16.5. The molecule has 1 unspecified atom stereocenters. The first kappa shape index (κ1) is 24.3. The van der Waals surface area contributed by atoms with Crippen molar-refractivity contribution in [1.29, 1.82) is 0 Å². The third-order valence-electron chi connectivity index (χ3n) is 7.20. The van der Waals surface area contributed by atoms with Gasteiger partial charge in [0, 0.05) is 68.9 Å². The number of piperazine rings is 1. The van der Waals surface area contributed by atoms with Crippen LogP contribution in [0.3, 0.4) is 0 Å². The van der Waals surface area contributed by atoms with E-state index in [1.165, 1.54) is 11.9 Å². The number of nitrogens with zero attached hydrogens (tertiary/aromatic N) is 6. The monoisotopic (exact) mass is 513 g/mol. The zero-order chi connectivity index (χ0) is 26.1. The first-order valence-corrected chi connectivity index (χ1v) is 12.9. The summed E-state index contributed by atoms with van der Waals surface area (Å²) in [5.41, 5.74) is 5.72. The zero-order valence-electron chi connectivity index (χ0n) is 21.6. The van der Waals surface area contributed by atoms with Gasteiger partial charge < -0.3 is 24.6 Å². The van der Waals surface area contributed by atoms with E-state index in [-0.39, 0.29) is 12.0 Å². The largest absolute Gasteiger partial charge is 0.470 e. The normalized spacial score (nSPS) is 18.2. The lowest BCUT2D eigenvalue weighted by molar-refractivity contribution is 0.0962. The van der Waals surface area contributed by atoms with Gasteiger partial charge in [0.15, 0.2) is 5.65 Å². The van der Waals surface area contributed by atoms with E-state index >= 15 is 0 Å². The molecule has 10 nitrogen and oxygen atoms in total. The topological polar surface area (TPSA) is 97.1 Å². The van der Waals surface area contributed by atoms with Gasteiger partial charge in [-0.05, 0) is 36.9 Å². The van der Waals surface area contributed by atoms with Gasteiger partial charge in [-0.3, -0.25) is 9.78 Å². The molecule has 2 fully saturated rings. The van der Waals surface area contributed by atoms with E-state index in [4.69, 9.17) is 14.6 Å².